The third kappa shape index (κ3) is 3.86. The summed E-state index contributed by atoms with van der Waals surface area (Å²) in [6.07, 6.45) is 0. The van der Waals surface area contributed by atoms with Crippen LogP contribution in [0.4, 0.5) is 5.69 Å². The molecule has 1 heterocycles. The molecule has 8 heteroatoms. The number of sulfonamides is 1. The molecular weight excluding hydrogens is 376 g/mol. The van der Waals surface area contributed by atoms with Gasteiger partial charge in [-0.1, -0.05) is 18.2 Å². The van der Waals surface area contributed by atoms with Gasteiger partial charge in [0, 0.05) is 51.5 Å². The maximum absolute atomic E-state index is 12.9. The average molecular weight is 398 g/mol. The summed E-state index contributed by atoms with van der Waals surface area (Å²) in [5.74, 6) is -0.113. The van der Waals surface area contributed by atoms with Crippen LogP contribution in [-0.2, 0) is 10.0 Å². The third-order valence-corrected chi connectivity index (χ3v) is 6.72. The predicted molar refractivity (Wildman–Crippen MR) is 107 cm³/mol. The second-order valence-corrected chi connectivity index (χ2v) is 8.66. The molecular formula is C20H22N4O3S. The van der Waals surface area contributed by atoms with Gasteiger partial charge in [0.05, 0.1) is 10.5 Å². The molecule has 0 radical (unpaired) electrons. The number of carbonyl (C=O) groups is 1. The van der Waals surface area contributed by atoms with Gasteiger partial charge in [-0.25, -0.2) is 8.42 Å². The van der Waals surface area contributed by atoms with Crippen LogP contribution in [0.3, 0.4) is 0 Å². The van der Waals surface area contributed by atoms with E-state index in [0.29, 0.717) is 18.7 Å². The third-order valence-electron chi connectivity index (χ3n) is 4.76. The van der Waals surface area contributed by atoms with Crippen LogP contribution in [0, 0.1) is 11.3 Å². The number of anilines is 1. The van der Waals surface area contributed by atoms with Gasteiger partial charge in [-0.15, -0.1) is 0 Å². The minimum absolute atomic E-state index is 0.0101. The smallest absolute Gasteiger partial charge is 0.254 e. The molecule has 0 N–H and O–H groups in total. The van der Waals surface area contributed by atoms with Gasteiger partial charge in [-0.2, -0.15) is 9.57 Å². The van der Waals surface area contributed by atoms with Crippen LogP contribution in [0.25, 0.3) is 0 Å². The first-order chi connectivity index (χ1) is 13.3. The fourth-order valence-electron chi connectivity index (χ4n) is 3.15. The molecule has 28 heavy (non-hydrogen) atoms. The molecule has 2 aromatic rings. The summed E-state index contributed by atoms with van der Waals surface area (Å²) in [6.45, 7) is 1.00. The Bertz CT molecular complexity index is 1020. The molecule has 2 aromatic carbocycles. The maximum atomic E-state index is 12.9. The lowest BCUT2D eigenvalue weighted by molar-refractivity contribution is 0.0698. The Labute approximate surface area is 165 Å². The minimum atomic E-state index is -3.77. The fraction of sp³-hybridized carbons (Fsp3) is 0.300. The van der Waals surface area contributed by atoms with Crippen molar-refractivity contribution in [1.82, 2.24) is 9.21 Å². The van der Waals surface area contributed by atoms with Crippen molar-refractivity contribution >= 4 is 21.6 Å². The maximum Gasteiger partial charge on any atom is 0.254 e. The largest absolute Gasteiger partial charge is 0.378 e. The molecule has 1 aliphatic heterocycles. The molecule has 0 bridgehead atoms. The Kier molecular flexibility index (Phi) is 5.68. The van der Waals surface area contributed by atoms with Gasteiger partial charge in [0.2, 0.25) is 10.0 Å². The highest BCUT2D eigenvalue weighted by atomic mass is 32.2. The molecule has 0 unspecified atom stereocenters. The van der Waals surface area contributed by atoms with Crippen molar-refractivity contribution in [3.05, 3.63) is 59.7 Å². The summed E-state index contributed by atoms with van der Waals surface area (Å²) in [5.41, 5.74) is 1.64. The Morgan fingerprint density at radius 3 is 2.36 bits per heavy atom. The summed E-state index contributed by atoms with van der Waals surface area (Å²) in [6, 6.07) is 15.5. The van der Waals surface area contributed by atoms with Gasteiger partial charge in [0.15, 0.2) is 0 Å². The van der Waals surface area contributed by atoms with Gasteiger partial charge in [-0.3, -0.25) is 4.79 Å². The van der Waals surface area contributed by atoms with Crippen molar-refractivity contribution in [2.45, 2.75) is 4.90 Å². The summed E-state index contributed by atoms with van der Waals surface area (Å²) in [7, 11) is 0.0477. The highest BCUT2D eigenvalue weighted by molar-refractivity contribution is 7.89. The molecule has 3 rings (SSSR count). The van der Waals surface area contributed by atoms with Gasteiger partial charge in [0.1, 0.15) is 6.07 Å². The van der Waals surface area contributed by atoms with Crippen LogP contribution in [-0.4, -0.2) is 63.8 Å². The highest BCUT2D eigenvalue weighted by Crippen LogP contribution is 2.22. The van der Waals surface area contributed by atoms with E-state index in [2.05, 4.69) is 0 Å². The van der Waals surface area contributed by atoms with Crippen LogP contribution in [0.2, 0.25) is 0 Å². The minimum Gasteiger partial charge on any atom is -0.378 e. The van der Waals surface area contributed by atoms with Crippen molar-refractivity contribution in [1.29, 1.82) is 5.26 Å². The molecule has 0 saturated carbocycles. The molecule has 146 valence electrons. The van der Waals surface area contributed by atoms with Gasteiger partial charge in [0.25, 0.3) is 5.91 Å². The molecule has 0 aromatic heterocycles. The van der Waals surface area contributed by atoms with E-state index < -0.39 is 10.0 Å². The number of carbonyl (C=O) groups excluding carboxylic acids is 1. The topological polar surface area (TPSA) is 84.7 Å². The lowest BCUT2D eigenvalue weighted by Crippen LogP contribution is -2.50. The number of piperazine rings is 1. The zero-order chi connectivity index (χ0) is 20.3. The number of benzene rings is 2. The van der Waals surface area contributed by atoms with Gasteiger partial charge in [-0.05, 0) is 30.3 Å². The van der Waals surface area contributed by atoms with E-state index in [-0.39, 0.29) is 29.5 Å². The monoisotopic (exact) mass is 398 g/mol. The first-order valence-corrected chi connectivity index (χ1v) is 10.3. The first kappa shape index (κ1) is 19.9. The molecule has 0 aliphatic carbocycles. The number of hydrogen-bond donors (Lipinski definition) is 0. The summed E-state index contributed by atoms with van der Waals surface area (Å²) in [5, 5.41) is 9.19. The normalized spacial score (nSPS) is 15.1. The van der Waals surface area contributed by atoms with Crippen LogP contribution >= 0.6 is 0 Å². The van der Waals surface area contributed by atoms with Gasteiger partial charge < -0.3 is 9.80 Å². The van der Waals surface area contributed by atoms with Gasteiger partial charge >= 0.3 is 0 Å². The van der Waals surface area contributed by atoms with Crippen LogP contribution < -0.4 is 4.90 Å². The van der Waals surface area contributed by atoms with E-state index >= 15 is 0 Å². The number of hydrogen-bond acceptors (Lipinski definition) is 5. The lowest BCUT2D eigenvalue weighted by atomic mass is 10.1. The summed E-state index contributed by atoms with van der Waals surface area (Å²) < 4.78 is 27.1. The quantitative estimate of drug-likeness (QED) is 0.784. The molecule has 0 spiro atoms. The highest BCUT2D eigenvalue weighted by Gasteiger charge is 2.31. The number of rotatable bonds is 4. The number of nitrogens with zero attached hydrogens (tertiary/aromatic N) is 4. The van der Waals surface area contributed by atoms with E-state index in [4.69, 9.17) is 0 Å². The Hall–Kier alpha value is -2.89. The SMILES string of the molecule is CN(C)c1cccc(C(=O)N2CCN(S(=O)(=O)c3ccccc3C#N)CC2)c1. The zero-order valence-electron chi connectivity index (χ0n) is 15.9. The van der Waals surface area contributed by atoms with Crippen LogP contribution in [0.1, 0.15) is 15.9 Å². The van der Waals surface area contributed by atoms with E-state index in [1.54, 1.807) is 23.1 Å². The molecule has 1 fully saturated rings. The molecule has 1 amide bonds. The number of amides is 1. The molecule has 0 atom stereocenters. The number of nitriles is 1. The average Bonchev–Trinajstić information content (AvgIpc) is 2.73. The second-order valence-electron chi connectivity index (χ2n) is 6.75. The predicted octanol–water partition coefficient (Wildman–Crippen LogP) is 1.77. The Morgan fingerprint density at radius 2 is 1.71 bits per heavy atom. The van der Waals surface area contributed by atoms with Crippen molar-refractivity contribution in [3.63, 3.8) is 0 Å². The van der Waals surface area contributed by atoms with Crippen LogP contribution in [0.15, 0.2) is 53.4 Å². The van der Waals surface area contributed by atoms with Crippen molar-refractivity contribution in [2.75, 3.05) is 45.2 Å². The summed E-state index contributed by atoms with van der Waals surface area (Å²) >= 11 is 0. The fourth-order valence-corrected chi connectivity index (χ4v) is 4.72. The van der Waals surface area contributed by atoms with Crippen LogP contribution in [0.5, 0.6) is 0 Å². The molecule has 1 saturated heterocycles. The molecule has 1 aliphatic rings. The van der Waals surface area contributed by atoms with Crippen molar-refractivity contribution in [2.24, 2.45) is 0 Å². The van der Waals surface area contributed by atoms with E-state index in [1.807, 2.05) is 43.3 Å². The lowest BCUT2D eigenvalue weighted by Gasteiger charge is -2.34. The molecule has 7 nitrogen and oxygen atoms in total. The van der Waals surface area contributed by atoms with E-state index in [1.165, 1.54) is 16.4 Å². The Morgan fingerprint density at radius 1 is 1.04 bits per heavy atom. The van der Waals surface area contributed by atoms with Crippen molar-refractivity contribution in [3.8, 4) is 6.07 Å². The van der Waals surface area contributed by atoms with E-state index in [9.17, 15) is 18.5 Å². The second kappa shape index (κ2) is 8.00. The van der Waals surface area contributed by atoms with E-state index in [0.717, 1.165) is 5.69 Å². The first-order valence-electron chi connectivity index (χ1n) is 8.90. The standard InChI is InChI=1S/C20H22N4O3S/c1-22(2)18-8-5-7-16(14-18)20(25)23-10-12-24(13-11-23)28(26,27)19-9-4-3-6-17(19)15-21/h3-9,14H,10-13H2,1-2H3. The zero-order valence-corrected chi connectivity index (χ0v) is 16.7. The van der Waals surface area contributed by atoms with Crippen molar-refractivity contribution < 1.29 is 13.2 Å². The summed E-state index contributed by atoms with van der Waals surface area (Å²) in [4.78, 5) is 16.4. The Balaban J connectivity index is 1.73.